The summed E-state index contributed by atoms with van der Waals surface area (Å²) in [6, 6.07) is 11.1. The summed E-state index contributed by atoms with van der Waals surface area (Å²) in [5.74, 6) is -0.779. The van der Waals surface area contributed by atoms with Crippen molar-refractivity contribution in [2.45, 2.75) is 103 Å². The van der Waals surface area contributed by atoms with Crippen LogP contribution in [-0.2, 0) is 63.1 Å². The lowest BCUT2D eigenvalue weighted by Gasteiger charge is -2.13. The van der Waals surface area contributed by atoms with Crippen LogP contribution in [0.2, 0.25) is 0 Å². The predicted molar refractivity (Wildman–Crippen MR) is 250 cm³/mol. The Morgan fingerprint density at radius 1 is 0.448 bits per heavy atom. The molecule has 0 aromatic heterocycles. The summed E-state index contributed by atoms with van der Waals surface area (Å²) in [6.45, 7) is 9.81. The fourth-order valence-corrected chi connectivity index (χ4v) is 6.41. The zero-order valence-electron chi connectivity index (χ0n) is 40.1. The maximum Gasteiger partial charge on any atom is 0.416 e. The number of halogens is 3. The molecule has 0 fully saturated rings. The van der Waals surface area contributed by atoms with Crippen molar-refractivity contribution in [1.82, 2.24) is 0 Å². The highest BCUT2D eigenvalue weighted by molar-refractivity contribution is 5.96. The molecule has 0 unspecified atom stereocenters. The summed E-state index contributed by atoms with van der Waals surface area (Å²) in [5.41, 5.74) is -0.0995. The fourth-order valence-electron chi connectivity index (χ4n) is 6.41. The molecule has 0 saturated heterocycles. The first-order valence-corrected chi connectivity index (χ1v) is 24.4. The van der Waals surface area contributed by atoms with Crippen LogP contribution in [0.3, 0.4) is 0 Å². The molecule has 17 heteroatoms. The third-order valence-electron chi connectivity index (χ3n) is 10.0. The van der Waals surface area contributed by atoms with Crippen molar-refractivity contribution in [3.8, 4) is 0 Å². The lowest BCUT2D eigenvalue weighted by molar-refractivity contribution is -0.145. The van der Waals surface area contributed by atoms with E-state index in [4.69, 9.17) is 52.1 Å². The Bertz CT molecular complexity index is 1470. The molecule has 0 aliphatic carbocycles. The third kappa shape index (κ3) is 35.4. The first-order valence-electron chi connectivity index (χ1n) is 24.4. The first kappa shape index (κ1) is 59.7. The molecule has 2 aromatic carbocycles. The molecule has 2 rings (SSSR count). The van der Waals surface area contributed by atoms with Gasteiger partial charge in [0.25, 0.3) is 0 Å². The average Bonchev–Trinajstić information content (AvgIpc) is 3.32. The van der Waals surface area contributed by atoms with Crippen molar-refractivity contribution in [1.29, 1.82) is 0 Å². The van der Waals surface area contributed by atoms with Crippen molar-refractivity contribution in [2.75, 3.05) is 137 Å². The van der Waals surface area contributed by atoms with Crippen LogP contribution in [0.25, 0.3) is 0 Å². The van der Waals surface area contributed by atoms with Gasteiger partial charge in [-0.15, -0.1) is 0 Å². The molecule has 0 aliphatic heterocycles. The molecule has 0 saturated carbocycles. The van der Waals surface area contributed by atoms with Gasteiger partial charge in [0.05, 0.1) is 136 Å². The summed E-state index contributed by atoms with van der Waals surface area (Å²) in [4.78, 5) is 24.5. The Morgan fingerprint density at radius 2 is 0.821 bits per heavy atom. The number of alkyl halides is 3. The largest absolute Gasteiger partial charge is 0.463 e. The summed E-state index contributed by atoms with van der Waals surface area (Å²) >= 11 is 0. The quantitative estimate of drug-likeness (QED) is 0.0496. The molecule has 0 radical (unpaired) electrons. The normalized spacial score (nSPS) is 11.6. The zero-order valence-corrected chi connectivity index (χ0v) is 40.1. The second-order valence-electron chi connectivity index (χ2n) is 15.6. The van der Waals surface area contributed by atoms with E-state index in [1.807, 2.05) is 0 Å². The molecule has 1 N–H and O–H groups in total. The van der Waals surface area contributed by atoms with E-state index >= 15 is 0 Å². The van der Waals surface area contributed by atoms with Crippen LogP contribution in [0.5, 0.6) is 0 Å². The van der Waals surface area contributed by atoms with Gasteiger partial charge in [-0.25, -0.2) is 4.79 Å². The molecule has 14 nitrogen and oxygen atoms in total. The van der Waals surface area contributed by atoms with Crippen molar-refractivity contribution < 1.29 is 74.9 Å². The van der Waals surface area contributed by atoms with Gasteiger partial charge in [-0.3, -0.25) is 4.79 Å². The van der Waals surface area contributed by atoms with Crippen LogP contribution >= 0.6 is 0 Å². The lowest BCUT2D eigenvalue weighted by atomic mass is 10.0. The van der Waals surface area contributed by atoms with Gasteiger partial charge in [0.1, 0.15) is 13.2 Å². The predicted octanol–water partition coefficient (Wildman–Crippen LogP) is 9.78. The van der Waals surface area contributed by atoms with Gasteiger partial charge < -0.3 is 57.4 Å². The highest BCUT2D eigenvalue weighted by atomic mass is 19.4. The van der Waals surface area contributed by atoms with Gasteiger partial charge in [-0.1, -0.05) is 102 Å². The molecule has 2 aromatic rings. The minimum Gasteiger partial charge on any atom is -0.463 e. The number of anilines is 2. The van der Waals surface area contributed by atoms with Gasteiger partial charge in [0, 0.05) is 12.1 Å². The SMILES string of the molecule is CCCCCCCCCCCCCCCC(=O)OCCOCCOCCOCCOCCOCCOCCOCCOCCOCCOC(=O)c1ccccc1Nc1cccc(C(F)(F)F)c1. The number of esters is 2. The Labute approximate surface area is 397 Å². The monoisotopic (exact) mass is 960 g/mol. The van der Waals surface area contributed by atoms with E-state index in [0.29, 0.717) is 124 Å². The van der Waals surface area contributed by atoms with Crippen LogP contribution in [-0.4, -0.2) is 144 Å². The standard InChI is InChI=1S/C50H80F3NO13/c1-2-3-4-5-6-7-8-9-10-11-12-13-14-22-48(55)66-41-39-64-37-35-62-33-31-60-29-27-58-25-23-57-24-26-59-28-30-61-32-34-63-36-38-65-40-42-67-49(56)46-20-15-16-21-47(46)54-45-19-17-18-44(43-45)50(51,52)53/h15-21,43,54H,2-14,22-42H2,1H3. The van der Waals surface area contributed by atoms with Gasteiger partial charge in [-0.05, 0) is 36.8 Å². The van der Waals surface area contributed by atoms with Crippen molar-refractivity contribution >= 4 is 23.3 Å². The Balaban J connectivity index is 1.22. The molecule has 67 heavy (non-hydrogen) atoms. The van der Waals surface area contributed by atoms with E-state index in [0.717, 1.165) is 25.0 Å². The topological polar surface area (TPSA) is 148 Å². The van der Waals surface area contributed by atoms with Crippen LogP contribution in [0.4, 0.5) is 24.5 Å². The Morgan fingerprint density at radius 3 is 1.24 bits per heavy atom. The van der Waals surface area contributed by atoms with Crippen molar-refractivity contribution in [2.24, 2.45) is 0 Å². The highest BCUT2D eigenvalue weighted by Gasteiger charge is 2.30. The third-order valence-corrected chi connectivity index (χ3v) is 10.0. The molecule has 0 bridgehead atoms. The lowest BCUT2D eigenvalue weighted by Crippen LogP contribution is -2.16. The molecular formula is C50H80F3NO13. The van der Waals surface area contributed by atoms with Gasteiger partial charge in [0.2, 0.25) is 0 Å². The van der Waals surface area contributed by atoms with E-state index in [-0.39, 0.29) is 37.0 Å². The van der Waals surface area contributed by atoms with Gasteiger partial charge in [-0.2, -0.15) is 13.2 Å². The minimum atomic E-state index is -4.48. The van der Waals surface area contributed by atoms with Crippen LogP contribution in [0, 0.1) is 0 Å². The number of ether oxygens (including phenoxy) is 11. The first-order chi connectivity index (χ1) is 32.8. The van der Waals surface area contributed by atoms with Crippen LogP contribution in [0.1, 0.15) is 113 Å². The van der Waals surface area contributed by atoms with E-state index in [2.05, 4.69) is 12.2 Å². The average molecular weight is 960 g/mol. The van der Waals surface area contributed by atoms with Crippen LogP contribution < -0.4 is 5.32 Å². The molecule has 0 heterocycles. The minimum absolute atomic E-state index is 0.00620. The van der Waals surface area contributed by atoms with E-state index in [9.17, 15) is 22.8 Å². The van der Waals surface area contributed by atoms with Crippen molar-refractivity contribution in [3.05, 3.63) is 59.7 Å². The summed E-state index contributed by atoms with van der Waals surface area (Å²) in [7, 11) is 0. The molecule has 0 amide bonds. The second-order valence-corrected chi connectivity index (χ2v) is 15.6. The van der Waals surface area contributed by atoms with Crippen molar-refractivity contribution in [3.63, 3.8) is 0 Å². The van der Waals surface area contributed by atoms with Gasteiger partial charge >= 0.3 is 18.1 Å². The number of carbonyl (C=O) groups excluding carboxylic acids is 2. The number of hydrogen-bond donors (Lipinski definition) is 1. The number of benzene rings is 2. The molecule has 0 atom stereocenters. The van der Waals surface area contributed by atoms with E-state index in [1.165, 1.54) is 88.8 Å². The smallest absolute Gasteiger partial charge is 0.416 e. The summed E-state index contributed by atoms with van der Waals surface area (Å²) in [5, 5.41) is 2.86. The summed E-state index contributed by atoms with van der Waals surface area (Å²) < 4.78 is 99.1. The summed E-state index contributed by atoms with van der Waals surface area (Å²) in [6.07, 6.45) is 12.7. The van der Waals surface area contributed by atoms with Gasteiger partial charge in [0.15, 0.2) is 0 Å². The Hall–Kier alpha value is -3.39. The maximum atomic E-state index is 13.1. The number of rotatable bonds is 47. The molecular weight excluding hydrogens is 880 g/mol. The Kier molecular flexibility index (Phi) is 38.1. The number of unbranched alkanes of at least 4 members (excludes halogenated alkanes) is 12. The molecule has 384 valence electrons. The molecule has 0 aliphatic rings. The van der Waals surface area contributed by atoms with E-state index in [1.54, 1.807) is 18.2 Å². The van der Waals surface area contributed by atoms with Crippen LogP contribution in [0.15, 0.2) is 48.5 Å². The molecule has 0 spiro atoms. The number of carbonyl (C=O) groups is 2. The fraction of sp³-hybridized carbons (Fsp3) is 0.720. The maximum absolute atomic E-state index is 13.1. The highest BCUT2D eigenvalue weighted by Crippen LogP contribution is 2.32. The number of para-hydroxylation sites is 1. The second kappa shape index (κ2) is 42.7. The van der Waals surface area contributed by atoms with E-state index < -0.39 is 17.7 Å². The zero-order chi connectivity index (χ0) is 48.1. The number of hydrogen-bond acceptors (Lipinski definition) is 14. The number of nitrogens with one attached hydrogen (secondary N) is 1.